The molecule has 1 aliphatic heterocycles. The molecule has 4 rings (SSSR count). The number of amides is 2. The normalized spacial score (nSPS) is 14.6. The number of piperidine rings is 1. The Morgan fingerprint density at radius 2 is 2.03 bits per heavy atom. The minimum absolute atomic E-state index is 0.167. The van der Waals surface area contributed by atoms with Crippen molar-refractivity contribution in [3.8, 4) is 6.07 Å². The van der Waals surface area contributed by atoms with Crippen LogP contribution in [0.3, 0.4) is 0 Å². The van der Waals surface area contributed by atoms with Crippen molar-refractivity contribution in [3.63, 3.8) is 0 Å². The fraction of sp³-hybridized carbons (Fsp3) is 0.227. The van der Waals surface area contributed by atoms with E-state index in [9.17, 15) is 14.0 Å². The molecule has 2 N–H and O–H groups in total. The molecule has 146 valence electrons. The molecule has 2 aromatic carbocycles. The van der Waals surface area contributed by atoms with Gasteiger partial charge in [-0.05, 0) is 60.7 Å². The number of likely N-dealkylation sites (tertiary alicyclic amines) is 1. The van der Waals surface area contributed by atoms with Crippen molar-refractivity contribution in [2.24, 2.45) is 0 Å². The standard InChI is InChI=1S/C22H19FN4O2/c23-20-3-1-14(11-24)9-18(20)22(29)26-16-2-4-21-17(10-16)19(12-25-21)15-5-7-27(13-28)8-6-15/h1-4,9-10,12-13,15,25H,5-8H2,(H,26,29). The number of carbonyl (C=O) groups is 2. The number of benzene rings is 2. The van der Waals surface area contributed by atoms with Gasteiger partial charge in [-0.2, -0.15) is 5.26 Å². The number of nitrogens with zero attached hydrogens (tertiary/aromatic N) is 2. The van der Waals surface area contributed by atoms with Crippen molar-refractivity contribution in [1.82, 2.24) is 9.88 Å². The lowest BCUT2D eigenvalue weighted by molar-refractivity contribution is -0.119. The number of hydrogen-bond donors (Lipinski definition) is 2. The van der Waals surface area contributed by atoms with E-state index in [4.69, 9.17) is 5.26 Å². The van der Waals surface area contributed by atoms with Crippen LogP contribution in [0, 0.1) is 17.1 Å². The van der Waals surface area contributed by atoms with Crippen LogP contribution < -0.4 is 5.32 Å². The Labute approximate surface area is 166 Å². The largest absolute Gasteiger partial charge is 0.361 e. The van der Waals surface area contributed by atoms with Crippen LogP contribution in [0.1, 0.15) is 40.2 Å². The monoisotopic (exact) mass is 390 g/mol. The van der Waals surface area contributed by atoms with Crippen LogP contribution >= 0.6 is 0 Å². The van der Waals surface area contributed by atoms with Crippen molar-refractivity contribution in [1.29, 1.82) is 5.26 Å². The second-order valence-corrected chi connectivity index (χ2v) is 7.18. The Bertz CT molecular complexity index is 1120. The number of anilines is 1. The van der Waals surface area contributed by atoms with E-state index in [0.717, 1.165) is 54.9 Å². The number of fused-ring (bicyclic) bond motifs is 1. The molecule has 0 spiro atoms. The van der Waals surface area contributed by atoms with Gasteiger partial charge >= 0.3 is 0 Å². The molecule has 0 bridgehead atoms. The van der Waals surface area contributed by atoms with Crippen molar-refractivity contribution in [2.45, 2.75) is 18.8 Å². The summed E-state index contributed by atoms with van der Waals surface area (Å²) >= 11 is 0. The maximum atomic E-state index is 14.0. The summed E-state index contributed by atoms with van der Waals surface area (Å²) in [5.41, 5.74) is 2.71. The fourth-order valence-electron chi connectivity index (χ4n) is 3.84. The van der Waals surface area contributed by atoms with Gasteiger partial charge in [-0.25, -0.2) is 4.39 Å². The third-order valence-electron chi connectivity index (χ3n) is 5.43. The second kappa shape index (κ2) is 7.76. The molecule has 1 aromatic heterocycles. The summed E-state index contributed by atoms with van der Waals surface area (Å²) in [6, 6.07) is 11.1. The Kier molecular flexibility index (Phi) is 5.00. The first-order valence-corrected chi connectivity index (χ1v) is 9.40. The average Bonchev–Trinajstić information content (AvgIpc) is 3.17. The number of halogens is 1. The minimum atomic E-state index is -0.674. The van der Waals surface area contributed by atoms with Crippen LogP contribution in [0.4, 0.5) is 10.1 Å². The van der Waals surface area contributed by atoms with Gasteiger partial charge in [-0.1, -0.05) is 0 Å². The van der Waals surface area contributed by atoms with Crippen LogP contribution in [0.25, 0.3) is 10.9 Å². The molecule has 0 radical (unpaired) electrons. The van der Waals surface area contributed by atoms with Gasteiger partial charge in [-0.15, -0.1) is 0 Å². The Hall–Kier alpha value is -3.66. The second-order valence-electron chi connectivity index (χ2n) is 7.18. The number of hydrogen-bond acceptors (Lipinski definition) is 3. The lowest BCUT2D eigenvalue weighted by Crippen LogP contribution is -2.31. The van der Waals surface area contributed by atoms with Gasteiger partial charge in [0.25, 0.3) is 5.91 Å². The quantitative estimate of drug-likeness (QED) is 0.665. The Morgan fingerprint density at radius 1 is 1.24 bits per heavy atom. The number of aromatic nitrogens is 1. The lowest BCUT2D eigenvalue weighted by Gasteiger charge is -2.29. The summed E-state index contributed by atoms with van der Waals surface area (Å²) < 4.78 is 14.0. The number of rotatable bonds is 4. The molecule has 29 heavy (non-hydrogen) atoms. The predicted octanol–water partition coefficient (Wildman–Crippen LogP) is 3.77. The molecular weight excluding hydrogens is 371 g/mol. The first kappa shape index (κ1) is 18.7. The molecule has 1 saturated heterocycles. The highest BCUT2D eigenvalue weighted by Gasteiger charge is 2.22. The fourth-order valence-corrected chi connectivity index (χ4v) is 3.84. The van der Waals surface area contributed by atoms with Crippen LogP contribution in [0.15, 0.2) is 42.6 Å². The zero-order valence-corrected chi connectivity index (χ0v) is 15.6. The molecule has 0 unspecified atom stereocenters. The van der Waals surface area contributed by atoms with Gasteiger partial charge in [0, 0.05) is 35.9 Å². The van der Waals surface area contributed by atoms with Crippen molar-refractivity contribution >= 4 is 28.9 Å². The zero-order chi connectivity index (χ0) is 20.4. The average molecular weight is 390 g/mol. The van der Waals surface area contributed by atoms with Crippen LogP contribution in [-0.2, 0) is 4.79 Å². The number of nitrogens with one attached hydrogen (secondary N) is 2. The zero-order valence-electron chi connectivity index (χ0n) is 15.6. The van der Waals surface area contributed by atoms with E-state index in [1.807, 2.05) is 24.4 Å². The molecule has 0 saturated carbocycles. The van der Waals surface area contributed by atoms with Gasteiger partial charge in [0.15, 0.2) is 0 Å². The van der Waals surface area contributed by atoms with Crippen LogP contribution in [-0.4, -0.2) is 35.3 Å². The topological polar surface area (TPSA) is 89.0 Å². The Morgan fingerprint density at radius 3 is 2.76 bits per heavy atom. The highest BCUT2D eigenvalue weighted by atomic mass is 19.1. The molecule has 3 aromatic rings. The highest BCUT2D eigenvalue weighted by Crippen LogP contribution is 2.34. The maximum absolute atomic E-state index is 14.0. The Balaban J connectivity index is 1.59. The van der Waals surface area contributed by atoms with E-state index < -0.39 is 11.7 Å². The molecular formula is C22H19FN4O2. The molecule has 0 atom stereocenters. The number of nitriles is 1. The summed E-state index contributed by atoms with van der Waals surface area (Å²) in [4.78, 5) is 28.5. The molecule has 1 aliphatic rings. The molecule has 2 amide bonds. The van der Waals surface area contributed by atoms with Gasteiger partial charge in [0.2, 0.25) is 6.41 Å². The number of carbonyl (C=O) groups excluding carboxylic acids is 2. The van der Waals surface area contributed by atoms with Gasteiger partial charge < -0.3 is 15.2 Å². The van der Waals surface area contributed by atoms with Crippen molar-refractivity contribution in [2.75, 3.05) is 18.4 Å². The number of H-pyrrole nitrogens is 1. The smallest absolute Gasteiger partial charge is 0.258 e. The molecule has 2 heterocycles. The summed E-state index contributed by atoms with van der Waals surface area (Å²) in [5.74, 6) is -0.946. The van der Waals surface area contributed by atoms with Gasteiger partial charge in [0.1, 0.15) is 5.82 Å². The van der Waals surface area contributed by atoms with E-state index in [1.54, 1.807) is 11.0 Å². The summed E-state index contributed by atoms with van der Waals surface area (Å²) in [6.45, 7) is 1.46. The minimum Gasteiger partial charge on any atom is -0.361 e. The molecule has 0 aliphatic carbocycles. The van der Waals surface area contributed by atoms with Gasteiger partial charge in [-0.3, -0.25) is 9.59 Å². The van der Waals surface area contributed by atoms with Crippen LogP contribution in [0.2, 0.25) is 0 Å². The molecule has 1 fully saturated rings. The van der Waals surface area contributed by atoms with Crippen molar-refractivity contribution in [3.05, 3.63) is 65.1 Å². The maximum Gasteiger partial charge on any atom is 0.258 e. The van der Waals surface area contributed by atoms with Crippen LogP contribution in [0.5, 0.6) is 0 Å². The van der Waals surface area contributed by atoms with E-state index in [-0.39, 0.29) is 11.1 Å². The van der Waals surface area contributed by atoms with Gasteiger partial charge in [0.05, 0.1) is 17.2 Å². The lowest BCUT2D eigenvalue weighted by atomic mass is 9.89. The first-order valence-electron chi connectivity index (χ1n) is 9.40. The van der Waals surface area contributed by atoms with E-state index in [0.29, 0.717) is 11.6 Å². The predicted molar refractivity (Wildman–Crippen MR) is 107 cm³/mol. The number of aromatic amines is 1. The highest BCUT2D eigenvalue weighted by molar-refractivity contribution is 6.05. The SMILES string of the molecule is N#Cc1ccc(F)c(C(=O)Nc2ccc3[nH]cc(C4CCN(C=O)CC4)c3c2)c1. The van der Waals surface area contributed by atoms with E-state index >= 15 is 0 Å². The molecule has 6 nitrogen and oxygen atoms in total. The first-order chi connectivity index (χ1) is 14.1. The third kappa shape index (κ3) is 3.69. The summed E-state index contributed by atoms with van der Waals surface area (Å²) in [6.07, 6.45) is 4.63. The molecule has 7 heteroatoms. The van der Waals surface area contributed by atoms with E-state index in [1.165, 1.54) is 12.1 Å². The van der Waals surface area contributed by atoms with E-state index in [2.05, 4.69) is 10.3 Å². The van der Waals surface area contributed by atoms with Crippen molar-refractivity contribution < 1.29 is 14.0 Å². The third-order valence-corrected chi connectivity index (χ3v) is 5.43. The summed E-state index contributed by atoms with van der Waals surface area (Å²) in [7, 11) is 0. The summed E-state index contributed by atoms with van der Waals surface area (Å²) in [5, 5.41) is 12.7.